The molecule has 0 unspecified atom stereocenters. The number of nitrogens with one attached hydrogen (secondary N) is 1. The number of halogens is 1. The van der Waals surface area contributed by atoms with E-state index in [0.717, 1.165) is 0 Å². The summed E-state index contributed by atoms with van der Waals surface area (Å²) in [4.78, 5) is 7.79. The lowest BCUT2D eigenvalue weighted by Crippen LogP contribution is -2.51. The zero-order valence-corrected chi connectivity index (χ0v) is 10.1. The molecule has 0 saturated heterocycles. The normalized spacial score (nSPS) is 12.7. The van der Waals surface area contributed by atoms with E-state index in [-0.39, 0.29) is 5.28 Å². The third-order valence-electron chi connectivity index (χ3n) is 2.60. The van der Waals surface area contributed by atoms with Crippen molar-refractivity contribution in [2.24, 2.45) is 0 Å². The Balaban J connectivity index is 2.87. The van der Waals surface area contributed by atoms with Crippen molar-refractivity contribution in [1.29, 1.82) is 0 Å². The Morgan fingerprint density at radius 2 is 1.93 bits per heavy atom. The minimum absolute atomic E-state index is 0.187. The molecule has 1 aromatic rings. The largest absolute Gasteiger partial charge is 0.388 e. The molecule has 84 valence electrons. The van der Waals surface area contributed by atoms with E-state index in [1.807, 2.05) is 13.8 Å². The van der Waals surface area contributed by atoms with Gasteiger partial charge in [0.15, 0.2) is 0 Å². The Labute approximate surface area is 94.7 Å². The van der Waals surface area contributed by atoms with Crippen molar-refractivity contribution in [3.63, 3.8) is 0 Å². The molecule has 1 heterocycles. The predicted octanol–water partition coefficient (Wildman–Crippen LogP) is 2.09. The predicted molar refractivity (Wildman–Crippen MR) is 61.0 cm³/mol. The fourth-order valence-corrected chi connectivity index (χ4v) is 1.03. The molecular formula is C10H16ClN3O. The van der Waals surface area contributed by atoms with E-state index in [2.05, 4.69) is 15.3 Å². The number of hydrogen-bond donors (Lipinski definition) is 2. The quantitative estimate of drug-likeness (QED) is 0.780. The van der Waals surface area contributed by atoms with Crippen LogP contribution in [0.5, 0.6) is 0 Å². The van der Waals surface area contributed by atoms with E-state index in [0.29, 0.717) is 5.82 Å². The second-order valence-corrected chi connectivity index (χ2v) is 4.86. The highest BCUT2D eigenvalue weighted by Crippen LogP contribution is 2.25. The summed E-state index contributed by atoms with van der Waals surface area (Å²) >= 11 is 5.66. The Kier molecular flexibility index (Phi) is 3.21. The number of aromatic nitrogens is 2. The van der Waals surface area contributed by atoms with Crippen molar-refractivity contribution in [3.05, 3.63) is 17.5 Å². The van der Waals surface area contributed by atoms with E-state index in [4.69, 9.17) is 11.6 Å². The van der Waals surface area contributed by atoms with Gasteiger partial charge in [0.1, 0.15) is 5.82 Å². The van der Waals surface area contributed by atoms with Crippen LogP contribution >= 0.6 is 11.6 Å². The summed E-state index contributed by atoms with van der Waals surface area (Å²) in [5.74, 6) is 0.599. The molecule has 0 saturated carbocycles. The number of aliphatic hydroxyl groups is 1. The van der Waals surface area contributed by atoms with Gasteiger partial charge in [0.05, 0.1) is 11.1 Å². The molecular weight excluding hydrogens is 214 g/mol. The van der Waals surface area contributed by atoms with Crippen LogP contribution in [-0.4, -0.2) is 26.2 Å². The molecule has 0 aliphatic carbocycles. The lowest BCUT2D eigenvalue weighted by atomic mass is 9.86. The van der Waals surface area contributed by atoms with E-state index in [9.17, 15) is 5.11 Å². The molecule has 5 heteroatoms. The van der Waals surface area contributed by atoms with Crippen LogP contribution in [0.3, 0.4) is 0 Å². The molecule has 0 aliphatic rings. The molecule has 0 aromatic carbocycles. The van der Waals surface area contributed by atoms with Crippen molar-refractivity contribution in [2.75, 3.05) is 5.32 Å². The van der Waals surface area contributed by atoms with Gasteiger partial charge in [-0.2, -0.15) is 0 Å². The fraction of sp³-hybridized carbons (Fsp3) is 0.600. The van der Waals surface area contributed by atoms with Gasteiger partial charge in [0.25, 0.3) is 0 Å². The first-order valence-corrected chi connectivity index (χ1v) is 5.09. The van der Waals surface area contributed by atoms with Gasteiger partial charge in [-0.1, -0.05) is 0 Å². The molecule has 0 atom stereocenters. The van der Waals surface area contributed by atoms with Crippen LogP contribution in [0, 0.1) is 0 Å². The molecule has 4 nitrogen and oxygen atoms in total. The maximum atomic E-state index is 9.94. The first-order chi connectivity index (χ1) is 6.72. The Bertz CT molecular complexity index is 347. The van der Waals surface area contributed by atoms with Crippen LogP contribution in [0.2, 0.25) is 5.28 Å². The molecule has 0 aliphatic heterocycles. The van der Waals surface area contributed by atoms with Gasteiger partial charge in [0.2, 0.25) is 5.28 Å². The summed E-state index contributed by atoms with van der Waals surface area (Å²) in [6, 6.07) is 1.71. The first kappa shape index (κ1) is 12.2. The number of hydrogen-bond acceptors (Lipinski definition) is 4. The van der Waals surface area contributed by atoms with Gasteiger partial charge in [-0.05, 0) is 45.4 Å². The second kappa shape index (κ2) is 3.94. The smallest absolute Gasteiger partial charge is 0.224 e. The Morgan fingerprint density at radius 3 is 2.40 bits per heavy atom. The molecule has 1 rings (SSSR count). The minimum Gasteiger partial charge on any atom is -0.388 e. The maximum Gasteiger partial charge on any atom is 0.224 e. The average Bonchev–Trinajstić information content (AvgIpc) is 2.00. The molecule has 2 N–H and O–H groups in total. The van der Waals surface area contributed by atoms with Crippen molar-refractivity contribution in [1.82, 2.24) is 9.97 Å². The summed E-state index contributed by atoms with van der Waals surface area (Å²) in [5, 5.41) is 13.2. The van der Waals surface area contributed by atoms with Crippen LogP contribution < -0.4 is 5.32 Å². The topological polar surface area (TPSA) is 58.0 Å². The Hall–Kier alpha value is -0.870. The molecule has 1 aromatic heterocycles. The van der Waals surface area contributed by atoms with Crippen molar-refractivity contribution >= 4 is 17.4 Å². The van der Waals surface area contributed by atoms with Crippen molar-refractivity contribution in [2.45, 2.75) is 38.8 Å². The highest BCUT2D eigenvalue weighted by Gasteiger charge is 2.35. The third-order valence-corrected chi connectivity index (χ3v) is 2.78. The summed E-state index contributed by atoms with van der Waals surface area (Å²) in [6.45, 7) is 7.26. The Morgan fingerprint density at radius 1 is 1.33 bits per heavy atom. The summed E-state index contributed by atoms with van der Waals surface area (Å²) in [7, 11) is 0. The monoisotopic (exact) mass is 229 g/mol. The van der Waals surface area contributed by atoms with Gasteiger partial charge in [-0.3, -0.25) is 0 Å². The SMILES string of the molecule is CC(C)(O)C(C)(C)Nc1ccnc(Cl)n1. The van der Waals surface area contributed by atoms with Crippen LogP contribution in [0.1, 0.15) is 27.7 Å². The number of nitrogens with zero attached hydrogens (tertiary/aromatic N) is 2. The lowest BCUT2D eigenvalue weighted by Gasteiger charge is -2.38. The van der Waals surface area contributed by atoms with E-state index < -0.39 is 11.1 Å². The molecule has 0 fully saturated rings. The highest BCUT2D eigenvalue weighted by atomic mass is 35.5. The van der Waals surface area contributed by atoms with Gasteiger partial charge >= 0.3 is 0 Å². The zero-order valence-electron chi connectivity index (χ0n) is 9.37. The average molecular weight is 230 g/mol. The first-order valence-electron chi connectivity index (χ1n) is 4.71. The van der Waals surface area contributed by atoms with E-state index in [1.165, 1.54) is 0 Å². The van der Waals surface area contributed by atoms with Gasteiger partial charge < -0.3 is 10.4 Å². The molecule has 0 amide bonds. The maximum absolute atomic E-state index is 9.94. The van der Waals surface area contributed by atoms with Gasteiger partial charge in [-0.25, -0.2) is 9.97 Å². The molecule has 0 spiro atoms. The summed E-state index contributed by atoms with van der Waals surface area (Å²) in [5.41, 5.74) is -1.38. The molecule has 0 radical (unpaired) electrons. The van der Waals surface area contributed by atoms with Crippen LogP contribution in [0.15, 0.2) is 12.3 Å². The number of rotatable bonds is 3. The third kappa shape index (κ3) is 3.04. The van der Waals surface area contributed by atoms with Crippen molar-refractivity contribution < 1.29 is 5.11 Å². The lowest BCUT2D eigenvalue weighted by molar-refractivity contribution is 0.0239. The standard InChI is InChI=1S/C10H16ClN3O/c1-9(2,10(3,4)15)14-7-5-6-12-8(11)13-7/h5-6,15H,1-4H3,(H,12,13,14). The van der Waals surface area contributed by atoms with Crippen LogP contribution in [-0.2, 0) is 0 Å². The van der Waals surface area contributed by atoms with E-state index in [1.54, 1.807) is 26.1 Å². The van der Waals surface area contributed by atoms with Crippen LogP contribution in [0.25, 0.3) is 0 Å². The van der Waals surface area contributed by atoms with Gasteiger partial charge in [-0.15, -0.1) is 0 Å². The second-order valence-electron chi connectivity index (χ2n) is 4.52. The van der Waals surface area contributed by atoms with E-state index >= 15 is 0 Å². The summed E-state index contributed by atoms with van der Waals surface area (Å²) < 4.78 is 0. The zero-order chi connectivity index (χ0) is 11.7. The number of anilines is 1. The molecule has 0 bridgehead atoms. The highest BCUT2D eigenvalue weighted by molar-refractivity contribution is 6.28. The molecule has 15 heavy (non-hydrogen) atoms. The summed E-state index contributed by atoms with van der Waals surface area (Å²) in [6.07, 6.45) is 1.57. The van der Waals surface area contributed by atoms with Crippen LogP contribution in [0.4, 0.5) is 5.82 Å². The fourth-order valence-electron chi connectivity index (χ4n) is 0.878. The van der Waals surface area contributed by atoms with Gasteiger partial charge in [0, 0.05) is 6.20 Å². The minimum atomic E-state index is -0.871. The van der Waals surface area contributed by atoms with Crippen molar-refractivity contribution in [3.8, 4) is 0 Å².